The quantitative estimate of drug-likeness (QED) is 0.831. The molecule has 0 aliphatic carbocycles. The van der Waals surface area contributed by atoms with E-state index in [4.69, 9.17) is 5.73 Å². The van der Waals surface area contributed by atoms with Crippen LogP contribution in [0.1, 0.15) is 23.1 Å². The summed E-state index contributed by atoms with van der Waals surface area (Å²) in [4.78, 5) is 3.97. The summed E-state index contributed by atoms with van der Waals surface area (Å²) in [6, 6.07) is 12.1. The summed E-state index contributed by atoms with van der Waals surface area (Å²) in [5, 5.41) is 0. The Hall–Kier alpha value is -2.11. The van der Waals surface area contributed by atoms with E-state index in [0.29, 0.717) is 0 Å². The normalized spacial score (nSPS) is 9.61. The number of aryl methyl sites for hydroxylation is 1. The Kier molecular flexibility index (Phi) is 4.52. The van der Waals surface area contributed by atoms with E-state index < -0.39 is 0 Å². The first-order valence-electron chi connectivity index (χ1n) is 6.09. The van der Waals surface area contributed by atoms with Crippen LogP contribution in [0.3, 0.4) is 0 Å². The fourth-order valence-electron chi connectivity index (χ4n) is 1.69. The van der Waals surface area contributed by atoms with Crippen molar-refractivity contribution in [2.24, 2.45) is 5.73 Å². The molecule has 0 aliphatic rings. The summed E-state index contributed by atoms with van der Waals surface area (Å²) in [6.07, 6.45) is 5.53. The van der Waals surface area contributed by atoms with Crippen molar-refractivity contribution in [3.05, 3.63) is 65.5 Å². The Bertz CT molecular complexity index is 550. The van der Waals surface area contributed by atoms with Crippen LogP contribution in [-0.4, -0.2) is 11.5 Å². The molecule has 2 heteroatoms. The van der Waals surface area contributed by atoms with Crippen molar-refractivity contribution in [1.82, 2.24) is 4.98 Å². The van der Waals surface area contributed by atoms with E-state index >= 15 is 0 Å². The highest BCUT2D eigenvalue weighted by molar-refractivity contribution is 5.43. The molecule has 0 aliphatic heterocycles. The van der Waals surface area contributed by atoms with Gasteiger partial charge in [-0.3, -0.25) is 4.98 Å². The van der Waals surface area contributed by atoms with Crippen molar-refractivity contribution in [3.8, 4) is 11.8 Å². The standard InChI is InChI=1S/C16H16N2/c17-10-2-5-15-3-1-4-16(13-15)7-6-14-8-11-18-12-9-14/h1,3-4,8-9,11-13H,2,5,10,17H2. The third-order valence-corrected chi connectivity index (χ3v) is 2.63. The zero-order valence-electron chi connectivity index (χ0n) is 10.3. The Morgan fingerprint density at radius 2 is 1.78 bits per heavy atom. The molecule has 0 saturated carbocycles. The first-order valence-corrected chi connectivity index (χ1v) is 6.09. The predicted octanol–water partition coefficient (Wildman–Crippen LogP) is 2.37. The highest BCUT2D eigenvalue weighted by Gasteiger charge is 1.93. The molecule has 2 rings (SSSR count). The number of nitrogens with two attached hydrogens (primary N) is 1. The van der Waals surface area contributed by atoms with E-state index in [1.807, 2.05) is 24.3 Å². The first kappa shape index (κ1) is 12.3. The van der Waals surface area contributed by atoms with Crippen molar-refractivity contribution in [2.75, 3.05) is 6.54 Å². The SMILES string of the molecule is NCCCc1cccc(C#Cc2ccncc2)c1. The zero-order valence-corrected chi connectivity index (χ0v) is 10.3. The lowest BCUT2D eigenvalue weighted by atomic mass is 10.1. The predicted molar refractivity (Wildman–Crippen MR) is 74.0 cm³/mol. The van der Waals surface area contributed by atoms with Crippen LogP contribution >= 0.6 is 0 Å². The summed E-state index contributed by atoms with van der Waals surface area (Å²) in [7, 11) is 0. The summed E-state index contributed by atoms with van der Waals surface area (Å²) in [6.45, 7) is 0.729. The topological polar surface area (TPSA) is 38.9 Å². The molecule has 0 saturated heterocycles. The van der Waals surface area contributed by atoms with Gasteiger partial charge in [0.15, 0.2) is 0 Å². The Morgan fingerprint density at radius 3 is 2.56 bits per heavy atom. The minimum absolute atomic E-state index is 0.729. The largest absolute Gasteiger partial charge is 0.330 e. The molecule has 0 radical (unpaired) electrons. The third kappa shape index (κ3) is 3.73. The molecule has 0 spiro atoms. The lowest BCUT2D eigenvalue weighted by molar-refractivity contribution is 0.832. The van der Waals surface area contributed by atoms with Crippen LogP contribution < -0.4 is 5.73 Å². The number of rotatable bonds is 3. The van der Waals surface area contributed by atoms with E-state index in [-0.39, 0.29) is 0 Å². The fourth-order valence-corrected chi connectivity index (χ4v) is 1.69. The van der Waals surface area contributed by atoms with Crippen molar-refractivity contribution >= 4 is 0 Å². The van der Waals surface area contributed by atoms with Gasteiger partial charge in [-0.15, -0.1) is 0 Å². The molecule has 18 heavy (non-hydrogen) atoms. The van der Waals surface area contributed by atoms with Gasteiger partial charge in [-0.05, 0) is 49.2 Å². The molecule has 1 aromatic heterocycles. The maximum atomic E-state index is 5.52. The summed E-state index contributed by atoms with van der Waals surface area (Å²) >= 11 is 0. The second kappa shape index (κ2) is 6.58. The van der Waals surface area contributed by atoms with Crippen molar-refractivity contribution in [3.63, 3.8) is 0 Å². The maximum Gasteiger partial charge on any atom is 0.0280 e. The van der Waals surface area contributed by atoms with E-state index in [1.54, 1.807) is 12.4 Å². The third-order valence-electron chi connectivity index (χ3n) is 2.63. The molecule has 0 atom stereocenters. The lowest BCUT2D eigenvalue weighted by Gasteiger charge is -1.99. The van der Waals surface area contributed by atoms with E-state index in [9.17, 15) is 0 Å². The number of aromatic nitrogens is 1. The van der Waals surface area contributed by atoms with Crippen molar-refractivity contribution in [1.29, 1.82) is 0 Å². The minimum atomic E-state index is 0.729. The van der Waals surface area contributed by atoms with Gasteiger partial charge < -0.3 is 5.73 Å². The Balaban J connectivity index is 2.12. The van der Waals surface area contributed by atoms with Crippen LogP contribution in [0.4, 0.5) is 0 Å². The van der Waals surface area contributed by atoms with Crippen molar-refractivity contribution in [2.45, 2.75) is 12.8 Å². The van der Waals surface area contributed by atoms with Gasteiger partial charge in [0.2, 0.25) is 0 Å². The smallest absolute Gasteiger partial charge is 0.0280 e. The first-order chi connectivity index (χ1) is 8.88. The van der Waals surface area contributed by atoms with Crippen LogP contribution in [-0.2, 0) is 6.42 Å². The average Bonchev–Trinajstić information content (AvgIpc) is 2.44. The van der Waals surface area contributed by atoms with Gasteiger partial charge in [0.05, 0.1) is 0 Å². The van der Waals surface area contributed by atoms with Gasteiger partial charge in [0.1, 0.15) is 0 Å². The number of benzene rings is 1. The van der Waals surface area contributed by atoms with Gasteiger partial charge in [-0.2, -0.15) is 0 Å². The highest BCUT2D eigenvalue weighted by Crippen LogP contribution is 2.06. The minimum Gasteiger partial charge on any atom is -0.330 e. The van der Waals surface area contributed by atoms with E-state index in [2.05, 4.69) is 29.0 Å². The second-order valence-electron chi connectivity index (χ2n) is 4.08. The monoisotopic (exact) mass is 236 g/mol. The number of pyridine rings is 1. The second-order valence-corrected chi connectivity index (χ2v) is 4.08. The van der Waals surface area contributed by atoms with E-state index in [1.165, 1.54) is 5.56 Å². The zero-order chi connectivity index (χ0) is 12.6. The lowest BCUT2D eigenvalue weighted by Crippen LogP contribution is -2.00. The molecule has 2 aromatic rings. The van der Waals surface area contributed by atoms with E-state index in [0.717, 1.165) is 30.5 Å². The average molecular weight is 236 g/mol. The van der Waals surface area contributed by atoms with Crippen LogP contribution in [0.25, 0.3) is 0 Å². The van der Waals surface area contributed by atoms with Gasteiger partial charge in [-0.1, -0.05) is 24.0 Å². The molecular formula is C16H16N2. The number of hydrogen-bond acceptors (Lipinski definition) is 2. The van der Waals surface area contributed by atoms with Gasteiger partial charge in [-0.25, -0.2) is 0 Å². The van der Waals surface area contributed by atoms with Gasteiger partial charge in [0, 0.05) is 23.5 Å². The molecule has 0 amide bonds. The fraction of sp³-hybridized carbons (Fsp3) is 0.188. The Labute approximate surface area is 108 Å². The summed E-state index contributed by atoms with van der Waals surface area (Å²) < 4.78 is 0. The highest BCUT2D eigenvalue weighted by atomic mass is 14.6. The maximum absolute atomic E-state index is 5.52. The van der Waals surface area contributed by atoms with Gasteiger partial charge >= 0.3 is 0 Å². The van der Waals surface area contributed by atoms with Crippen LogP contribution in [0.2, 0.25) is 0 Å². The molecule has 0 fully saturated rings. The molecule has 2 N–H and O–H groups in total. The van der Waals surface area contributed by atoms with Crippen molar-refractivity contribution < 1.29 is 0 Å². The molecule has 1 heterocycles. The van der Waals surface area contributed by atoms with Crippen LogP contribution in [0.15, 0.2) is 48.8 Å². The summed E-state index contributed by atoms with van der Waals surface area (Å²) in [5.74, 6) is 6.30. The Morgan fingerprint density at radius 1 is 1.00 bits per heavy atom. The van der Waals surface area contributed by atoms with Crippen LogP contribution in [0, 0.1) is 11.8 Å². The van der Waals surface area contributed by atoms with Crippen LogP contribution in [0.5, 0.6) is 0 Å². The van der Waals surface area contributed by atoms with Gasteiger partial charge in [0.25, 0.3) is 0 Å². The molecular weight excluding hydrogens is 220 g/mol. The molecule has 1 aromatic carbocycles. The molecule has 2 nitrogen and oxygen atoms in total. The molecule has 90 valence electrons. The number of hydrogen-bond donors (Lipinski definition) is 1. The molecule has 0 unspecified atom stereocenters. The summed E-state index contributed by atoms with van der Waals surface area (Å²) in [5.41, 5.74) is 8.84. The number of nitrogens with zero attached hydrogens (tertiary/aromatic N) is 1. The molecule has 0 bridgehead atoms.